The molecular formula is C12H12N2O2S. The highest BCUT2D eigenvalue weighted by Gasteiger charge is 2.05. The predicted octanol–water partition coefficient (Wildman–Crippen LogP) is 2.74. The van der Waals surface area contributed by atoms with Crippen LogP contribution in [-0.4, -0.2) is 16.4 Å². The second-order valence-electron chi connectivity index (χ2n) is 3.43. The summed E-state index contributed by atoms with van der Waals surface area (Å²) in [6.07, 6.45) is 1.61. The Morgan fingerprint density at radius 2 is 2.12 bits per heavy atom. The van der Waals surface area contributed by atoms with E-state index in [0.717, 1.165) is 23.4 Å². The van der Waals surface area contributed by atoms with Crippen LogP contribution in [0.2, 0.25) is 0 Å². The fraction of sp³-hybridized carbons (Fsp3) is 0.250. The molecule has 0 spiro atoms. The van der Waals surface area contributed by atoms with Gasteiger partial charge in [-0.15, -0.1) is 11.8 Å². The molecule has 2 rings (SSSR count). The highest BCUT2D eigenvalue weighted by Crippen LogP contribution is 2.22. The van der Waals surface area contributed by atoms with Crippen molar-refractivity contribution in [3.8, 4) is 0 Å². The van der Waals surface area contributed by atoms with E-state index >= 15 is 0 Å². The monoisotopic (exact) mass is 248 g/mol. The first kappa shape index (κ1) is 11.9. The van der Waals surface area contributed by atoms with Crippen LogP contribution in [0.25, 0.3) is 0 Å². The zero-order chi connectivity index (χ0) is 12.1. The first-order valence-electron chi connectivity index (χ1n) is 5.31. The standard InChI is InChI=1S/C12H12N2O2S/c1-2-11-13-12(16-14-11)8-17-10-5-3-9(7-15)4-6-10/h3-7H,2,8H2,1H3. The van der Waals surface area contributed by atoms with Gasteiger partial charge in [-0.25, -0.2) is 0 Å². The minimum atomic E-state index is 0.631. The zero-order valence-electron chi connectivity index (χ0n) is 9.42. The minimum Gasteiger partial charge on any atom is -0.338 e. The molecule has 0 aliphatic carbocycles. The third-order valence-corrected chi connectivity index (χ3v) is 3.20. The molecule has 0 unspecified atom stereocenters. The smallest absolute Gasteiger partial charge is 0.237 e. The Hall–Kier alpha value is -1.62. The summed E-state index contributed by atoms with van der Waals surface area (Å²) in [5, 5.41) is 3.83. The second kappa shape index (κ2) is 5.63. The van der Waals surface area contributed by atoms with Crippen LogP contribution in [0.15, 0.2) is 33.7 Å². The van der Waals surface area contributed by atoms with E-state index in [1.54, 1.807) is 23.9 Å². The first-order chi connectivity index (χ1) is 8.31. The fourth-order valence-corrected chi connectivity index (χ4v) is 2.02. The van der Waals surface area contributed by atoms with Crippen molar-refractivity contribution in [2.45, 2.75) is 24.0 Å². The number of aldehydes is 1. The quantitative estimate of drug-likeness (QED) is 0.601. The summed E-state index contributed by atoms with van der Waals surface area (Å²) in [6.45, 7) is 1.99. The number of thioether (sulfide) groups is 1. The highest BCUT2D eigenvalue weighted by atomic mass is 32.2. The maximum atomic E-state index is 10.5. The molecule has 4 nitrogen and oxygen atoms in total. The van der Waals surface area contributed by atoms with E-state index in [2.05, 4.69) is 10.1 Å². The van der Waals surface area contributed by atoms with Crippen molar-refractivity contribution in [1.29, 1.82) is 0 Å². The van der Waals surface area contributed by atoms with Crippen molar-refractivity contribution in [3.05, 3.63) is 41.5 Å². The van der Waals surface area contributed by atoms with Gasteiger partial charge in [0.25, 0.3) is 0 Å². The number of carbonyl (C=O) groups excluding carboxylic acids is 1. The Labute approximate surface area is 103 Å². The summed E-state index contributed by atoms with van der Waals surface area (Å²) in [7, 11) is 0. The third kappa shape index (κ3) is 3.17. The van der Waals surface area contributed by atoms with Crippen molar-refractivity contribution in [2.75, 3.05) is 0 Å². The Kier molecular flexibility index (Phi) is 3.93. The first-order valence-corrected chi connectivity index (χ1v) is 6.30. The van der Waals surface area contributed by atoms with Crippen LogP contribution >= 0.6 is 11.8 Å². The number of hydrogen-bond donors (Lipinski definition) is 0. The predicted molar refractivity (Wildman–Crippen MR) is 65.1 cm³/mol. The molecule has 0 aliphatic heterocycles. The molecule has 0 fully saturated rings. The van der Waals surface area contributed by atoms with E-state index in [4.69, 9.17) is 4.52 Å². The molecular weight excluding hydrogens is 236 g/mol. The number of aromatic nitrogens is 2. The largest absolute Gasteiger partial charge is 0.338 e. The van der Waals surface area contributed by atoms with Gasteiger partial charge in [0, 0.05) is 16.9 Å². The number of rotatable bonds is 5. The van der Waals surface area contributed by atoms with Crippen molar-refractivity contribution in [1.82, 2.24) is 10.1 Å². The van der Waals surface area contributed by atoms with E-state index in [-0.39, 0.29) is 0 Å². The molecule has 17 heavy (non-hydrogen) atoms. The lowest BCUT2D eigenvalue weighted by atomic mass is 10.2. The Morgan fingerprint density at radius 1 is 1.35 bits per heavy atom. The van der Waals surface area contributed by atoms with Crippen LogP contribution in [0, 0.1) is 0 Å². The average Bonchev–Trinajstić information content (AvgIpc) is 2.85. The van der Waals surface area contributed by atoms with Crippen molar-refractivity contribution in [3.63, 3.8) is 0 Å². The number of carbonyl (C=O) groups is 1. The summed E-state index contributed by atoms with van der Waals surface area (Å²) in [4.78, 5) is 15.8. The molecule has 0 bridgehead atoms. The van der Waals surface area contributed by atoms with Crippen LogP contribution in [0.4, 0.5) is 0 Å². The summed E-state index contributed by atoms with van der Waals surface area (Å²) in [6, 6.07) is 7.40. The molecule has 0 amide bonds. The van der Waals surface area contributed by atoms with E-state index in [0.29, 0.717) is 17.2 Å². The van der Waals surface area contributed by atoms with E-state index < -0.39 is 0 Å². The molecule has 1 aromatic carbocycles. The normalized spacial score (nSPS) is 10.4. The summed E-state index contributed by atoms with van der Waals surface area (Å²) in [5.41, 5.74) is 0.681. The van der Waals surface area contributed by atoms with Crippen LogP contribution in [-0.2, 0) is 12.2 Å². The molecule has 0 radical (unpaired) electrons. The topological polar surface area (TPSA) is 56.0 Å². The van der Waals surface area contributed by atoms with Gasteiger partial charge in [-0.1, -0.05) is 24.2 Å². The van der Waals surface area contributed by atoms with Crippen LogP contribution < -0.4 is 0 Å². The highest BCUT2D eigenvalue weighted by molar-refractivity contribution is 7.98. The molecule has 0 aliphatic rings. The average molecular weight is 248 g/mol. The van der Waals surface area contributed by atoms with Gasteiger partial charge in [0.2, 0.25) is 5.89 Å². The van der Waals surface area contributed by atoms with E-state index in [9.17, 15) is 4.79 Å². The van der Waals surface area contributed by atoms with Crippen molar-refractivity contribution >= 4 is 18.0 Å². The van der Waals surface area contributed by atoms with Gasteiger partial charge in [-0.2, -0.15) is 4.98 Å². The fourth-order valence-electron chi connectivity index (χ4n) is 1.28. The van der Waals surface area contributed by atoms with Crippen molar-refractivity contribution < 1.29 is 9.32 Å². The van der Waals surface area contributed by atoms with Crippen LogP contribution in [0.5, 0.6) is 0 Å². The Bertz CT molecular complexity index is 493. The molecule has 0 N–H and O–H groups in total. The maximum absolute atomic E-state index is 10.5. The summed E-state index contributed by atoms with van der Waals surface area (Å²) >= 11 is 1.60. The number of benzene rings is 1. The van der Waals surface area contributed by atoms with Crippen LogP contribution in [0.3, 0.4) is 0 Å². The SMILES string of the molecule is CCc1noc(CSc2ccc(C=O)cc2)n1. The molecule has 2 aromatic rings. The minimum absolute atomic E-state index is 0.631. The van der Waals surface area contributed by atoms with Gasteiger partial charge in [0.1, 0.15) is 6.29 Å². The molecule has 1 heterocycles. The lowest BCUT2D eigenvalue weighted by Gasteiger charge is -1.98. The third-order valence-electron chi connectivity index (χ3n) is 2.20. The van der Waals surface area contributed by atoms with Crippen molar-refractivity contribution in [2.24, 2.45) is 0 Å². The van der Waals surface area contributed by atoms with Crippen LogP contribution in [0.1, 0.15) is 29.0 Å². The molecule has 5 heteroatoms. The molecule has 0 atom stereocenters. The maximum Gasteiger partial charge on any atom is 0.237 e. The number of nitrogens with zero attached hydrogens (tertiary/aromatic N) is 2. The van der Waals surface area contributed by atoms with Gasteiger partial charge in [0.05, 0.1) is 5.75 Å². The van der Waals surface area contributed by atoms with E-state index in [1.807, 2.05) is 19.1 Å². The van der Waals surface area contributed by atoms with Gasteiger partial charge >= 0.3 is 0 Å². The lowest BCUT2D eigenvalue weighted by molar-refractivity contribution is 0.112. The summed E-state index contributed by atoms with van der Waals surface area (Å²) < 4.78 is 5.08. The van der Waals surface area contributed by atoms with E-state index in [1.165, 1.54) is 0 Å². The molecule has 1 aromatic heterocycles. The summed E-state index contributed by atoms with van der Waals surface area (Å²) in [5.74, 6) is 2.01. The molecule has 88 valence electrons. The van der Waals surface area contributed by atoms with Gasteiger partial charge < -0.3 is 4.52 Å². The number of aryl methyl sites for hydroxylation is 1. The van der Waals surface area contributed by atoms with Gasteiger partial charge in [-0.3, -0.25) is 4.79 Å². The Balaban J connectivity index is 1.94. The number of hydrogen-bond acceptors (Lipinski definition) is 5. The zero-order valence-corrected chi connectivity index (χ0v) is 10.2. The lowest BCUT2D eigenvalue weighted by Crippen LogP contribution is -1.84. The molecule has 0 saturated carbocycles. The van der Waals surface area contributed by atoms with Gasteiger partial charge in [0.15, 0.2) is 5.82 Å². The van der Waals surface area contributed by atoms with Gasteiger partial charge in [-0.05, 0) is 12.1 Å². The Morgan fingerprint density at radius 3 is 2.71 bits per heavy atom. The molecule has 0 saturated heterocycles. The second-order valence-corrected chi connectivity index (χ2v) is 4.48.